The molecule has 1 aromatic rings. The topological polar surface area (TPSA) is 29.1 Å². The molecule has 2 nitrogen and oxygen atoms in total. The van der Waals surface area contributed by atoms with Gasteiger partial charge in [-0.2, -0.15) is 0 Å². The molecule has 0 saturated carbocycles. The first kappa shape index (κ1) is 15.5. The number of amides is 1. The van der Waals surface area contributed by atoms with Crippen LogP contribution in [-0.2, 0) is 10.5 Å². The Bertz CT molecular complexity index is 487. The Labute approximate surface area is 130 Å². The number of allylic oxidation sites excluding steroid dienone is 1. The van der Waals surface area contributed by atoms with Crippen LogP contribution < -0.4 is 5.32 Å². The van der Waals surface area contributed by atoms with E-state index >= 15 is 0 Å². The molecule has 1 aromatic carbocycles. The zero-order chi connectivity index (χ0) is 14.2. The lowest BCUT2D eigenvalue weighted by Gasteiger charge is -2.13. The molecule has 4 heteroatoms. The number of carbonyl (C=O) groups is 1. The smallest absolute Gasteiger partial charge is 0.230 e. The standard InChI is InChI=1S/C16H20ClNOS/c17-15-8-4-7-14(9-15)11-20-12-16(19)18-10-13-5-2-1-3-6-13/h4-5,7-9H,1-3,6,10-12H2,(H,18,19). The van der Waals surface area contributed by atoms with Crippen molar-refractivity contribution < 1.29 is 4.79 Å². The summed E-state index contributed by atoms with van der Waals surface area (Å²) in [4.78, 5) is 11.8. The summed E-state index contributed by atoms with van der Waals surface area (Å²) in [5.41, 5.74) is 2.54. The van der Waals surface area contributed by atoms with Crippen molar-refractivity contribution in [3.8, 4) is 0 Å². The van der Waals surface area contributed by atoms with Crippen LogP contribution in [0.3, 0.4) is 0 Å². The first-order valence-corrected chi connectivity index (χ1v) is 8.54. The van der Waals surface area contributed by atoms with E-state index in [1.54, 1.807) is 11.8 Å². The van der Waals surface area contributed by atoms with Crippen LogP contribution in [0.2, 0.25) is 5.02 Å². The second-order valence-corrected chi connectivity index (χ2v) is 6.43. The van der Waals surface area contributed by atoms with E-state index in [-0.39, 0.29) is 5.91 Å². The highest BCUT2D eigenvalue weighted by Crippen LogP contribution is 2.17. The van der Waals surface area contributed by atoms with Gasteiger partial charge < -0.3 is 5.32 Å². The first-order chi connectivity index (χ1) is 9.74. The van der Waals surface area contributed by atoms with E-state index in [0.29, 0.717) is 5.75 Å². The normalized spacial score (nSPS) is 14.8. The molecule has 0 fully saturated rings. The minimum Gasteiger partial charge on any atom is -0.352 e. The third-order valence-corrected chi connectivity index (χ3v) is 4.53. The largest absolute Gasteiger partial charge is 0.352 e. The fourth-order valence-electron chi connectivity index (χ4n) is 2.22. The van der Waals surface area contributed by atoms with Gasteiger partial charge in [0.1, 0.15) is 0 Å². The van der Waals surface area contributed by atoms with Crippen LogP contribution in [0.1, 0.15) is 31.2 Å². The van der Waals surface area contributed by atoms with Crippen LogP contribution in [0.4, 0.5) is 0 Å². The molecular formula is C16H20ClNOS. The molecule has 0 unspecified atom stereocenters. The number of hydrogen-bond donors (Lipinski definition) is 1. The van der Waals surface area contributed by atoms with Crippen LogP contribution in [0, 0.1) is 0 Å². The number of carbonyl (C=O) groups excluding carboxylic acids is 1. The number of thioether (sulfide) groups is 1. The molecule has 0 aromatic heterocycles. The molecule has 1 aliphatic rings. The van der Waals surface area contributed by atoms with E-state index in [1.807, 2.05) is 24.3 Å². The van der Waals surface area contributed by atoms with Gasteiger partial charge in [0, 0.05) is 17.3 Å². The average molecular weight is 310 g/mol. The second kappa shape index (κ2) is 8.38. The summed E-state index contributed by atoms with van der Waals surface area (Å²) in [7, 11) is 0. The number of benzene rings is 1. The number of hydrogen-bond acceptors (Lipinski definition) is 2. The minimum absolute atomic E-state index is 0.114. The van der Waals surface area contributed by atoms with Crippen molar-refractivity contribution in [3.63, 3.8) is 0 Å². The third-order valence-electron chi connectivity index (χ3n) is 3.29. The number of rotatable bonds is 6. The Morgan fingerprint density at radius 1 is 1.35 bits per heavy atom. The highest BCUT2D eigenvalue weighted by Gasteiger charge is 2.06. The quantitative estimate of drug-likeness (QED) is 0.798. The van der Waals surface area contributed by atoms with Crippen LogP contribution in [0.15, 0.2) is 35.9 Å². The molecule has 1 N–H and O–H groups in total. The van der Waals surface area contributed by atoms with Gasteiger partial charge in [0.05, 0.1) is 5.75 Å². The Kier molecular flexibility index (Phi) is 6.48. The van der Waals surface area contributed by atoms with Gasteiger partial charge in [0.15, 0.2) is 0 Å². The molecule has 1 aliphatic carbocycles. The zero-order valence-electron chi connectivity index (χ0n) is 11.5. The lowest BCUT2D eigenvalue weighted by atomic mass is 10.00. The van der Waals surface area contributed by atoms with E-state index in [2.05, 4.69) is 11.4 Å². The summed E-state index contributed by atoms with van der Waals surface area (Å²) in [6, 6.07) is 7.77. The molecule has 0 radical (unpaired) electrons. The predicted molar refractivity (Wildman–Crippen MR) is 87.2 cm³/mol. The van der Waals surface area contributed by atoms with Crippen molar-refractivity contribution in [1.29, 1.82) is 0 Å². The summed E-state index contributed by atoms with van der Waals surface area (Å²) in [5, 5.41) is 3.74. The van der Waals surface area contributed by atoms with Crippen molar-refractivity contribution >= 4 is 29.3 Å². The molecule has 0 spiro atoms. The Hall–Kier alpha value is -0.930. The minimum atomic E-state index is 0.114. The van der Waals surface area contributed by atoms with Gasteiger partial charge in [-0.15, -0.1) is 11.8 Å². The monoisotopic (exact) mass is 309 g/mol. The Balaban J connectivity index is 1.64. The highest BCUT2D eigenvalue weighted by atomic mass is 35.5. The molecule has 0 saturated heterocycles. The maximum Gasteiger partial charge on any atom is 0.230 e. The Morgan fingerprint density at radius 2 is 2.25 bits per heavy atom. The van der Waals surface area contributed by atoms with Gasteiger partial charge in [0.25, 0.3) is 0 Å². The maximum atomic E-state index is 11.8. The van der Waals surface area contributed by atoms with Gasteiger partial charge in [0.2, 0.25) is 5.91 Å². The van der Waals surface area contributed by atoms with Crippen LogP contribution >= 0.6 is 23.4 Å². The zero-order valence-corrected chi connectivity index (χ0v) is 13.1. The van der Waals surface area contributed by atoms with Gasteiger partial charge in [-0.25, -0.2) is 0 Å². The first-order valence-electron chi connectivity index (χ1n) is 7.01. The van der Waals surface area contributed by atoms with Crippen LogP contribution in [0.25, 0.3) is 0 Å². The molecule has 0 heterocycles. The summed E-state index contributed by atoms with van der Waals surface area (Å²) in [6.07, 6.45) is 7.10. The van der Waals surface area contributed by atoms with Gasteiger partial charge >= 0.3 is 0 Å². The molecule has 2 rings (SSSR count). The van der Waals surface area contributed by atoms with Gasteiger partial charge in [-0.05, 0) is 43.4 Å². The summed E-state index contributed by atoms with van der Waals surface area (Å²) >= 11 is 7.55. The van der Waals surface area contributed by atoms with Crippen molar-refractivity contribution in [3.05, 3.63) is 46.5 Å². The summed E-state index contributed by atoms with van der Waals surface area (Å²) < 4.78 is 0. The highest BCUT2D eigenvalue weighted by molar-refractivity contribution is 7.99. The SMILES string of the molecule is O=C(CSCc1cccc(Cl)c1)NCC1=CCCCC1. The average Bonchev–Trinajstić information content (AvgIpc) is 2.46. The molecule has 0 aliphatic heterocycles. The molecule has 108 valence electrons. The van der Waals surface area contributed by atoms with E-state index in [9.17, 15) is 4.79 Å². The molecule has 0 bridgehead atoms. The third kappa shape index (κ3) is 5.59. The van der Waals surface area contributed by atoms with Crippen molar-refractivity contribution in [2.45, 2.75) is 31.4 Å². The molecular weight excluding hydrogens is 290 g/mol. The van der Waals surface area contributed by atoms with E-state index in [0.717, 1.165) is 35.7 Å². The number of nitrogens with one attached hydrogen (secondary N) is 1. The summed E-state index contributed by atoms with van der Waals surface area (Å²) in [5.74, 6) is 1.43. The second-order valence-electron chi connectivity index (χ2n) is 5.01. The summed E-state index contributed by atoms with van der Waals surface area (Å²) in [6.45, 7) is 0.719. The fourth-order valence-corrected chi connectivity index (χ4v) is 3.23. The Morgan fingerprint density at radius 3 is 3.00 bits per heavy atom. The lowest BCUT2D eigenvalue weighted by molar-refractivity contribution is -0.118. The fraction of sp³-hybridized carbons (Fsp3) is 0.438. The van der Waals surface area contributed by atoms with Crippen molar-refractivity contribution in [1.82, 2.24) is 5.32 Å². The maximum absolute atomic E-state index is 11.8. The van der Waals surface area contributed by atoms with Crippen LogP contribution in [-0.4, -0.2) is 18.2 Å². The van der Waals surface area contributed by atoms with E-state index < -0.39 is 0 Å². The van der Waals surface area contributed by atoms with E-state index in [4.69, 9.17) is 11.6 Å². The molecule has 1 amide bonds. The van der Waals surface area contributed by atoms with Crippen molar-refractivity contribution in [2.75, 3.05) is 12.3 Å². The molecule has 20 heavy (non-hydrogen) atoms. The van der Waals surface area contributed by atoms with Gasteiger partial charge in [-0.1, -0.05) is 35.4 Å². The van der Waals surface area contributed by atoms with Crippen LogP contribution in [0.5, 0.6) is 0 Å². The van der Waals surface area contributed by atoms with Crippen molar-refractivity contribution in [2.24, 2.45) is 0 Å². The van der Waals surface area contributed by atoms with Gasteiger partial charge in [-0.3, -0.25) is 4.79 Å². The predicted octanol–water partition coefficient (Wildman–Crippen LogP) is 4.19. The number of halogens is 1. The lowest BCUT2D eigenvalue weighted by Crippen LogP contribution is -2.27. The van der Waals surface area contributed by atoms with E-state index in [1.165, 1.54) is 18.4 Å². The molecule has 0 atom stereocenters.